The van der Waals surface area contributed by atoms with Gasteiger partial charge in [0.2, 0.25) is 0 Å². The van der Waals surface area contributed by atoms with Gasteiger partial charge in [-0.3, -0.25) is 0 Å². The van der Waals surface area contributed by atoms with Crippen LogP contribution in [-0.4, -0.2) is 4.98 Å². The molecule has 1 nitrogen and oxygen atoms in total. The van der Waals surface area contributed by atoms with Crippen LogP contribution >= 0.6 is 35.3 Å². The number of halogens is 2. The van der Waals surface area contributed by atoms with Gasteiger partial charge in [0.25, 0.3) is 0 Å². The van der Waals surface area contributed by atoms with Crippen LogP contribution in [0.4, 0.5) is 0 Å². The number of para-hydroxylation sites is 1. The molecule has 108 valence electrons. The van der Waals surface area contributed by atoms with Gasteiger partial charge < -0.3 is 0 Å². The van der Waals surface area contributed by atoms with Gasteiger partial charge in [0.05, 0.1) is 10.2 Å². The molecule has 0 aliphatic carbocycles. The van der Waals surface area contributed by atoms with E-state index in [0.29, 0.717) is 0 Å². The van der Waals surface area contributed by atoms with Crippen LogP contribution in [0.5, 0.6) is 0 Å². The number of thiazole rings is 1. The molecule has 3 rings (SSSR count). The lowest BCUT2D eigenvalue weighted by Crippen LogP contribution is -1.88. The Kier molecular flexibility index (Phi) is 5.40. The van der Waals surface area contributed by atoms with E-state index in [4.69, 9.17) is 11.6 Å². The Balaban J connectivity index is 0.00000161. The van der Waals surface area contributed by atoms with Crippen molar-refractivity contribution in [2.24, 2.45) is 0 Å². The van der Waals surface area contributed by atoms with Gasteiger partial charge in [0.1, 0.15) is 5.01 Å². The zero-order chi connectivity index (χ0) is 13.9. The van der Waals surface area contributed by atoms with Gasteiger partial charge in [-0.2, -0.15) is 0 Å². The molecule has 0 amide bonds. The molecule has 0 aliphatic heterocycles. The number of hydrogen-bond acceptors (Lipinski definition) is 2. The van der Waals surface area contributed by atoms with Crippen LogP contribution < -0.4 is 0 Å². The number of allylic oxidation sites excluding steroid dienone is 1. The van der Waals surface area contributed by atoms with E-state index in [9.17, 15) is 0 Å². The van der Waals surface area contributed by atoms with E-state index >= 15 is 0 Å². The number of rotatable bonds is 3. The monoisotopic (exact) mass is 335 g/mol. The minimum absolute atomic E-state index is 0. The molecule has 1 unspecified atom stereocenters. The minimum Gasteiger partial charge on any atom is -0.241 e. The highest BCUT2D eigenvalue weighted by atomic mass is 35.5. The SMILES string of the molecule is CC(C=C(Cl)c1ccccc1)c1nc2ccccc2s1.Cl. The number of fused-ring (bicyclic) bond motifs is 1. The van der Waals surface area contributed by atoms with Crippen molar-refractivity contribution in [3.05, 3.63) is 71.2 Å². The predicted octanol–water partition coefficient (Wildman–Crippen LogP) is 6.10. The molecule has 0 spiro atoms. The summed E-state index contributed by atoms with van der Waals surface area (Å²) in [7, 11) is 0. The Labute approximate surface area is 139 Å². The van der Waals surface area contributed by atoms with E-state index < -0.39 is 0 Å². The lowest BCUT2D eigenvalue weighted by atomic mass is 10.1. The summed E-state index contributed by atoms with van der Waals surface area (Å²) < 4.78 is 1.22. The first-order valence-corrected chi connectivity index (χ1v) is 7.71. The average molecular weight is 336 g/mol. The Morgan fingerprint density at radius 2 is 1.76 bits per heavy atom. The molecule has 1 aromatic heterocycles. The molecule has 0 fully saturated rings. The van der Waals surface area contributed by atoms with Gasteiger partial charge >= 0.3 is 0 Å². The Hall–Kier alpha value is -1.35. The molecule has 3 aromatic rings. The van der Waals surface area contributed by atoms with Crippen LogP contribution in [0.3, 0.4) is 0 Å². The standard InChI is InChI=1S/C17H14ClNS.ClH/c1-12(11-14(18)13-7-3-2-4-8-13)17-19-15-9-5-6-10-16(15)20-17;/h2-12H,1H3;1H. The fraction of sp³-hybridized carbons (Fsp3) is 0.118. The van der Waals surface area contributed by atoms with Crippen LogP contribution in [0.2, 0.25) is 0 Å². The summed E-state index contributed by atoms with van der Waals surface area (Å²) in [6.45, 7) is 2.13. The number of benzene rings is 2. The van der Waals surface area contributed by atoms with Crippen molar-refractivity contribution in [1.29, 1.82) is 0 Å². The highest BCUT2D eigenvalue weighted by molar-refractivity contribution is 7.18. The maximum atomic E-state index is 6.39. The van der Waals surface area contributed by atoms with Crippen LogP contribution in [0.1, 0.15) is 23.4 Å². The molecule has 0 aliphatic rings. The van der Waals surface area contributed by atoms with Crippen molar-refractivity contribution in [3.63, 3.8) is 0 Å². The van der Waals surface area contributed by atoms with Gasteiger partial charge in [-0.1, -0.05) is 67.1 Å². The van der Waals surface area contributed by atoms with Gasteiger partial charge in [-0.05, 0) is 17.7 Å². The molecular formula is C17H15Cl2NS. The maximum Gasteiger partial charge on any atom is 0.100 e. The van der Waals surface area contributed by atoms with Crippen LogP contribution in [0.25, 0.3) is 15.2 Å². The smallest absolute Gasteiger partial charge is 0.100 e. The van der Waals surface area contributed by atoms with Crippen molar-refractivity contribution in [3.8, 4) is 0 Å². The number of hydrogen-bond donors (Lipinski definition) is 0. The first-order valence-electron chi connectivity index (χ1n) is 6.52. The van der Waals surface area contributed by atoms with E-state index in [-0.39, 0.29) is 18.3 Å². The summed E-state index contributed by atoms with van der Waals surface area (Å²) in [5.74, 6) is 0.208. The highest BCUT2D eigenvalue weighted by Crippen LogP contribution is 2.31. The lowest BCUT2D eigenvalue weighted by molar-refractivity contribution is 0.956. The molecular weight excluding hydrogens is 321 g/mol. The van der Waals surface area contributed by atoms with E-state index in [2.05, 4.69) is 24.1 Å². The van der Waals surface area contributed by atoms with E-state index in [1.165, 1.54) is 4.70 Å². The van der Waals surface area contributed by atoms with E-state index in [1.807, 2.05) is 48.5 Å². The quantitative estimate of drug-likeness (QED) is 0.563. The fourth-order valence-electron chi connectivity index (χ4n) is 2.07. The van der Waals surface area contributed by atoms with Crippen molar-refractivity contribution in [1.82, 2.24) is 4.98 Å². The molecule has 1 atom stereocenters. The summed E-state index contributed by atoms with van der Waals surface area (Å²) >= 11 is 8.12. The van der Waals surface area contributed by atoms with Gasteiger partial charge in [0.15, 0.2) is 0 Å². The van der Waals surface area contributed by atoms with Gasteiger partial charge in [-0.25, -0.2) is 4.98 Å². The van der Waals surface area contributed by atoms with Gasteiger partial charge in [0, 0.05) is 11.0 Å². The first kappa shape index (κ1) is 16.0. The van der Waals surface area contributed by atoms with Crippen molar-refractivity contribution < 1.29 is 0 Å². The van der Waals surface area contributed by atoms with Crippen molar-refractivity contribution in [2.45, 2.75) is 12.8 Å². The summed E-state index contributed by atoms with van der Waals surface area (Å²) in [6, 6.07) is 18.2. The van der Waals surface area contributed by atoms with Crippen LogP contribution in [-0.2, 0) is 0 Å². The number of nitrogens with zero attached hydrogens (tertiary/aromatic N) is 1. The third kappa shape index (κ3) is 3.65. The van der Waals surface area contributed by atoms with Gasteiger partial charge in [-0.15, -0.1) is 23.7 Å². The Bertz CT molecular complexity index is 717. The molecule has 21 heavy (non-hydrogen) atoms. The molecule has 0 radical (unpaired) electrons. The lowest BCUT2D eigenvalue weighted by Gasteiger charge is -2.04. The molecule has 0 saturated carbocycles. The van der Waals surface area contributed by atoms with E-state index in [1.54, 1.807) is 11.3 Å². The fourth-order valence-corrected chi connectivity index (χ4v) is 3.37. The normalized spacial score (nSPS) is 13.0. The molecule has 2 aromatic carbocycles. The van der Waals surface area contributed by atoms with E-state index in [0.717, 1.165) is 21.1 Å². The number of aromatic nitrogens is 1. The highest BCUT2D eigenvalue weighted by Gasteiger charge is 2.10. The Morgan fingerprint density at radius 3 is 2.48 bits per heavy atom. The third-order valence-electron chi connectivity index (χ3n) is 3.15. The zero-order valence-corrected chi connectivity index (χ0v) is 13.9. The Morgan fingerprint density at radius 1 is 1.10 bits per heavy atom. The second kappa shape index (κ2) is 7.08. The van der Waals surface area contributed by atoms with Crippen LogP contribution in [0.15, 0.2) is 60.7 Å². The largest absolute Gasteiger partial charge is 0.241 e. The second-order valence-corrected chi connectivity index (χ2v) is 6.16. The summed E-state index contributed by atoms with van der Waals surface area (Å²) in [6.07, 6.45) is 2.06. The maximum absolute atomic E-state index is 6.39. The average Bonchev–Trinajstić information content (AvgIpc) is 2.92. The predicted molar refractivity (Wildman–Crippen MR) is 95.6 cm³/mol. The molecule has 4 heteroatoms. The molecule has 0 bridgehead atoms. The molecule has 0 N–H and O–H groups in total. The third-order valence-corrected chi connectivity index (χ3v) is 4.73. The summed E-state index contributed by atoms with van der Waals surface area (Å²) in [5, 5.41) is 1.87. The first-order chi connectivity index (χ1) is 9.74. The molecule has 0 saturated heterocycles. The second-order valence-electron chi connectivity index (χ2n) is 4.69. The zero-order valence-electron chi connectivity index (χ0n) is 11.5. The van der Waals surface area contributed by atoms with Crippen molar-refractivity contribution >= 4 is 50.6 Å². The topological polar surface area (TPSA) is 12.9 Å². The van der Waals surface area contributed by atoms with Crippen molar-refractivity contribution in [2.75, 3.05) is 0 Å². The molecule has 1 heterocycles. The summed E-state index contributed by atoms with van der Waals surface area (Å²) in [4.78, 5) is 4.67. The summed E-state index contributed by atoms with van der Waals surface area (Å²) in [5.41, 5.74) is 2.10. The minimum atomic E-state index is 0. The van der Waals surface area contributed by atoms with Crippen LogP contribution in [0, 0.1) is 0 Å².